The second-order valence-corrected chi connectivity index (χ2v) is 3.87. The molecule has 19 heavy (non-hydrogen) atoms. The lowest BCUT2D eigenvalue weighted by atomic mass is 10.2. The van der Waals surface area contributed by atoms with E-state index in [1.165, 1.54) is 25.4 Å². The Hall–Kier alpha value is -2.24. The van der Waals surface area contributed by atoms with Crippen molar-refractivity contribution in [1.29, 1.82) is 0 Å². The molecule has 1 heterocycles. The van der Waals surface area contributed by atoms with Crippen LogP contribution in [0.3, 0.4) is 0 Å². The topological polar surface area (TPSA) is 31.2 Å². The van der Waals surface area contributed by atoms with E-state index in [2.05, 4.69) is 0 Å². The van der Waals surface area contributed by atoms with Crippen molar-refractivity contribution in [2.75, 3.05) is 7.11 Å². The van der Waals surface area contributed by atoms with Crippen molar-refractivity contribution in [1.82, 2.24) is 4.57 Å². The van der Waals surface area contributed by atoms with E-state index < -0.39 is 23.0 Å². The number of pyridine rings is 1. The molecule has 0 amide bonds. The fraction of sp³-hybridized carbons (Fsp3) is 0.154. The molecule has 6 heteroatoms. The van der Waals surface area contributed by atoms with Crippen LogP contribution in [0.1, 0.15) is 5.56 Å². The first-order valence-corrected chi connectivity index (χ1v) is 5.40. The number of hydrogen-bond acceptors (Lipinski definition) is 2. The predicted molar refractivity (Wildman–Crippen MR) is 62.7 cm³/mol. The summed E-state index contributed by atoms with van der Waals surface area (Å²) in [6.45, 7) is -0.209. The molecule has 0 unspecified atom stereocenters. The Morgan fingerprint density at radius 1 is 1.16 bits per heavy atom. The first kappa shape index (κ1) is 13.2. The van der Waals surface area contributed by atoms with Crippen LogP contribution in [0.2, 0.25) is 0 Å². The third-order valence-electron chi connectivity index (χ3n) is 2.64. The Labute approximate surface area is 106 Å². The molecule has 0 radical (unpaired) electrons. The summed E-state index contributed by atoms with van der Waals surface area (Å²) in [6, 6.07) is 4.19. The zero-order valence-electron chi connectivity index (χ0n) is 9.99. The van der Waals surface area contributed by atoms with Crippen LogP contribution in [0.15, 0.2) is 35.3 Å². The smallest absolute Gasteiger partial charge is 0.293 e. The first-order valence-electron chi connectivity index (χ1n) is 5.40. The lowest BCUT2D eigenvalue weighted by Gasteiger charge is -2.08. The van der Waals surface area contributed by atoms with Gasteiger partial charge in [0.25, 0.3) is 5.56 Å². The predicted octanol–water partition coefficient (Wildman–Crippen LogP) is 2.32. The average Bonchev–Trinajstić information content (AvgIpc) is 2.38. The third kappa shape index (κ3) is 2.62. The maximum atomic E-state index is 13.5. The van der Waals surface area contributed by atoms with Crippen LogP contribution >= 0.6 is 0 Å². The summed E-state index contributed by atoms with van der Waals surface area (Å²) < 4.78 is 45.3. The zero-order chi connectivity index (χ0) is 14.0. The van der Waals surface area contributed by atoms with Crippen molar-refractivity contribution in [3.8, 4) is 5.75 Å². The van der Waals surface area contributed by atoms with Gasteiger partial charge in [-0.05, 0) is 18.2 Å². The molecule has 2 rings (SSSR count). The Balaban J connectivity index is 2.42. The monoisotopic (exact) mass is 269 g/mol. The van der Waals surface area contributed by atoms with E-state index in [1.54, 1.807) is 0 Å². The number of methoxy groups -OCH3 is 1. The summed E-state index contributed by atoms with van der Waals surface area (Å²) in [5.74, 6) is -3.24. The highest BCUT2D eigenvalue weighted by atomic mass is 19.2. The van der Waals surface area contributed by atoms with Crippen LogP contribution in [-0.2, 0) is 6.54 Å². The Kier molecular flexibility index (Phi) is 3.59. The molecule has 0 atom stereocenters. The van der Waals surface area contributed by atoms with Crippen LogP contribution in [0.4, 0.5) is 13.2 Å². The van der Waals surface area contributed by atoms with Crippen LogP contribution < -0.4 is 10.3 Å². The molecule has 0 aliphatic carbocycles. The van der Waals surface area contributed by atoms with Gasteiger partial charge in [0.1, 0.15) is 5.82 Å². The third-order valence-corrected chi connectivity index (χ3v) is 2.64. The fourth-order valence-electron chi connectivity index (χ4n) is 1.66. The van der Waals surface area contributed by atoms with E-state index in [9.17, 15) is 18.0 Å². The van der Waals surface area contributed by atoms with Gasteiger partial charge in [0.15, 0.2) is 17.4 Å². The SMILES string of the molecule is COc1cccn(Cc2cc(F)c(F)cc2F)c1=O. The molecule has 3 nitrogen and oxygen atoms in total. The van der Waals surface area contributed by atoms with E-state index in [0.29, 0.717) is 6.07 Å². The quantitative estimate of drug-likeness (QED) is 0.801. The number of rotatable bonds is 3. The van der Waals surface area contributed by atoms with Gasteiger partial charge >= 0.3 is 0 Å². The van der Waals surface area contributed by atoms with Crippen LogP contribution in [-0.4, -0.2) is 11.7 Å². The second-order valence-electron chi connectivity index (χ2n) is 3.87. The number of ether oxygens (including phenoxy) is 1. The van der Waals surface area contributed by atoms with E-state index in [4.69, 9.17) is 4.74 Å². The molecule has 100 valence electrons. The minimum absolute atomic E-state index is 0.0884. The van der Waals surface area contributed by atoms with E-state index in [1.807, 2.05) is 0 Å². The van der Waals surface area contributed by atoms with Gasteiger partial charge < -0.3 is 9.30 Å². The summed E-state index contributed by atoms with van der Waals surface area (Å²) in [5, 5.41) is 0. The Morgan fingerprint density at radius 3 is 2.53 bits per heavy atom. The minimum atomic E-state index is -1.26. The zero-order valence-corrected chi connectivity index (χ0v) is 9.99. The molecule has 0 saturated carbocycles. The van der Waals surface area contributed by atoms with Crippen LogP contribution in [0, 0.1) is 17.5 Å². The maximum Gasteiger partial charge on any atom is 0.293 e. The molecule has 0 spiro atoms. The molecule has 0 bridgehead atoms. The number of benzene rings is 1. The largest absolute Gasteiger partial charge is 0.491 e. The molecule has 1 aromatic carbocycles. The van der Waals surface area contributed by atoms with Gasteiger partial charge in [-0.15, -0.1) is 0 Å². The molecule has 0 saturated heterocycles. The summed E-state index contributed by atoms with van der Waals surface area (Å²) in [7, 11) is 1.33. The van der Waals surface area contributed by atoms with Gasteiger partial charge in [0.05, 0.1) is 13.7 Å². The molecule has 0 N–H and O–H groups in total. The fourth-order valence-corrected chi connectivity index (χ4v) is 1.66. The summed E-state index contributed by atoms with van der Waals surface area (Å²) in [6.07, 6.45) is 1.41. The lowest BCUT2D eigenvalue weighted by Crippen LogP contribution is -2.21. The highest BCUT2D eigenvalue weighted by Gasteiger charge is 2.11. The molecule has 0 fully saturated rings. The number of halogens is 3. The van der Waals surface area contributed by atoms with Crippen LogP contribution in [0.25, 0.3) is 0 Å². The van der Waals surface area contributed by atoms with Gasteiger partial charge in [-0.1, -0.05) is 0 Å². The van der Waals surface area contributed by atoms with Gasteiger partial charge in [-0.2, -0.15) is 0 Å². The number of aromatic nitrogens is 1. The highest BCUT2D eigenvalue weighted by Crippen LogP contribution is 2.14. The molecular weight excluding hydrogens is 259 g/mol. The highest BCUT2D eigenvalue weighted by molar-refractivity contribution is 5.22. The van der Waals surface area contributed by atoms with Crippen molar-refractivity contribution in [3.05, 3.63) is 63.8 Å². The van der Waals surface area contributed by atoms with Gasteiger partial charge in [0, 0.05) is 17.8 Å². The van der Waals surface area contributed by atoms with Gasteiger partial charge in [0.2, 0.25) is 0 Å². The molecular formula is C13H10F3NO2. The summed E-state index contributed by atoms with van der Waals surface area (Å²) >= 11 is 0. The van der Waals surface area contributed by atoms with Crippen molar-refractivity contribution < 1.29 is 17.9 Å². The minimum Gasteiger partial charge on any atom is -0.491 e. The van der Waals surface area contributed by atoms with E-state index in [-0.39, 0.29) is 17.9 Å². The standard InChI is InChI=1S/C13H10F3NO2/c1-19-12-3-2-4-17(13(12)18)7-8-5-10(15)11(16)6-9(8)14/h2-6H,7H2,1H3. The van der Waals surface area contributed by atoms with Gasteiger partial charge in [-0.3, -0.25) is 4.79 Å². The second kappa shape index (κ2) is 5.17. The van der Waals surface area contributed by atoms with Crippen LogP contribution in [0.5, 0.6) is 5.75 Å². The normalized spacial score (nSPS) is 10.5. The number of nitrogens with zero attached hydrogens (tertiary/aromatic N) is 1. The summed E-state index contributed by atoms with van der Waals surface area (Å²) in [5.41, 5.74) is -0.594. The maximum absolute atomic E-state index is 13.5. The van der Waals surface area contributed by atoms with E-state index in [0.717, 1.165) is 10.6 Å². The molecule has 0 aliphatic rings. The average molecular weight is 269 g/mol. The lowest BCUT2D eigenvalue weighted by molar-refractivity contribution is 0.403. The molecule has 2 aromatic rings. The van der Waals surface area contributed by atoms with E-state index >= 15 is 0 Å². The van der Waals surface area contributed by atoms with Crippen molar-refractivity contribution >= 4 is 0 Å². The number of hydrogen-bond donors (Lipinski definition) is 0. The van der Waals surface area contributed by atoms with Crippen molar-refractivity contribution in [2.45, 2.75) is 6.54 Å². The molecule has 1 aromatic heterocycles. The van der Waals surface area contributed by atoms with Crippen molar-refractivity contribution in [3.63, 3.8) is 0 Å². The van der Waals surface area contributed by atoms with Gasteiger partial charge in [-0.25, -0.2) is 13.2 Å². The Bertz CT molecular complexity index is 667. The summed E-state index contributed by atoms with van der Waals surface area (Å²) in [4.78, 5) is 11.8. The Morgan fingerprint density at radius 2 is 1.84 bits per heavy atom. The van der Waals surface area contributed by atoms with Crippen molar-refractivity contribution in [2.24, 2.45) is 0 Å². The first-order chi connectivity index (χ1) is 9.02. The molecule has 0 aliphatic heterocycles.